The van der Waals surface area contributed by atoms with Crippen LogP contribution >= 0.6 is 35.6 Å². The summed E-state index contributed by atoms with van der Waals surface area (Å²) in [5.74, 6) is 0. The molecule has 0 saturated carbocycles. The molecule has 2 aromatic carbocycles. The minimum absolute atomic E-state index is 0.616. The topological polar surface area (TPSA) is 33.3 Å². The van der Waals surface area contributed by atoms with E-state index in [9.17, 15) is 0 Å². The zero-order chi connectivity index (χ0) is 16.5. The monoisotopic (exact) mass is 366 g/mol. The number of thiocarbonyl (C=S) groups is 1. The summed E-state index contributed by atoms with van der Waals surface area (Å²) in [4.78, 5) is 2.23. The highest BCUT2D eigenvalue weighted by Gasteiger charge is 2.05. The van der Waals surface area contributed by atoms with Gasteiger partial charge in [-0.15, -0.1) is 0 Å². The van der Waals surface area contributed by atoms with Crippen molar-refractivity contribution in [1.82, 2.24) is 5.32 Å². The van der Waals surface area contributed by atoms with E-state index in [1.165, 1.54) is 0 Å². The van der Waals surface area contributed by atoms with E-state index in [-0.39, 0.29) is 0 Å². The molecule has 2 N–H and O–H groups in total. The molecule has 122 valence electrons. The van der Waals surface area contributed by atoms with Crippen LogP contribution in [0.3, 0.4) is 0 Å². The Morgan fingerprint density at radius 3 is 2.65 bits per heavy atom. The fourth-order valence-electron chi connectivity index (χ4n) is 1.87. The molecule has 0 atom stereocenters. The molecule has 2 rings (SSSR count). The number of benzene rings is 2. The van der Waals surface area contributed by atoms with Gasteiger partial charge in [0.15, 0.2) is 5.11 Å². The highest BCUT2D eigenvalue weighted by Crippen LogP contribution is 2.33. The largest absolute Gasteiger partial charge is 0.385 e. The Kier molecular flexibility index (Phi) is 7.68. The lowest BCUT2D eigenvalue weighted by Gasteiger charge is -2.13. The Hall–Kier alpha value is -1.27. The first-order valence-electron chi connectivity index (χ1n) is 7.25. The normalized spacial score (nSPS) is 10.3. The highest BCUT2D eigenvalue weighted by molar-refractivity contribution is 7.99. The second-order valence-electron chi connectivity index (χ2n) is 4.78. The number of ether oxygens (including phenoxy) is 1. The van der Waals surface area contributed by atoms with Crippen LogP contribution in [0.2, 0.25) is 5.02 Å². The molecule has 0 aliphatic carbocycles. The van der Waals surface area contributed by atoms with Gasteiger partial charge in [0.2, 0.25) is 0 Å². The lowest BCUT2D eigenvalue weighted by atomic mass is 10.3. The Labute approximate surface area is 151 Å². The zero-order valence-electron chi connectivity index (χ0n) is 12.8. The van der Waals surface area contributed by atoms with Gasteiger partial charge in [-0.3, -0.25) is 0 Å². The van der Waals surface area contributed by atoms with E-state index in [0.29, 0.717) is 5.11 Å². The summed E-state index contributed by atoms with van der Waals surface area (Å²) in [5, 5.41) is 7.78. The first-order valence-corrected chi connectivity index (χ1v) is 8.85. The molecule has 23 heavy (non-hydrogen) atoms. The average molecular weight is 367 g/mol. The van der Waals surface area contributed by atoms with Crippen LogP contribution in [0.5, 0.6) is 0 Å². The summed E-state index contributed by atoms with van der Waals surface area (Å²) in [7, 11) is 1.70. The SMILES string of the molecule is COCCCNC(=S)Nc1ccccc1Sc1ccc(Cl)cc1. The summed E-state index contributed by atoms with van der Waals surface area (Å²) < 4.78 is 5.02. The number of methoxy groups -OCH3 is 1. The number of para-hydroxylation sites is 1. The van der Waals surface area contributed by atoms with Crippen LogP contribution in [0.1, 0.15) is 6.42 Å². The molecule has 0 aliphatic rings. The third kappa shape index (κ3) is 6.39. The maximum atomic E-state index is 5.93. The molecular formula is C17H19ClN2OS2. The molecule has 0 radical (unpaired) electrons. The van der Waals surface area contributed by atoms with Gasteiger partial charge in [0, 0.05) is 35.1 Å². The van der Waals surface area contributed by atoms with E-state index < -0.39 is 0 Å². The quantitative estimate of drug-likeness (QED) is 0.542. The molecule has 0 amide bonds. The number of nitrogens with one attached hydrogen (secondary N) is 2. The van der Waals surface area contributed by atoms with Crippen molar-refractivity contribution >= 4 is 46.4 Å². The van der Waals surface area contributed by atoms with Gasteiger partial charge in [0.05, 0.1) is 5.69 Å². The van der Waals surface area contributed by atoms with Crippen LogP contribution in [-0.2, 0) is 4.74 Å². The third-order valence-corrected chi connectivity index (χ3v) is 4.57. The van der Waals surface area contributed by atoms with Gasteiger partial charge < -0.3 is 15.4 Å². The molecular weight excluding hydrogens is 348 g/mol. The van der Waals surface area contributed by atoms with E-state index in [4.69, 9.17) is 28.6 Å². The lowest BCUT2D eigenvalue weighted by Crippen LogP contribution is -2.29. The standard InChI is InChI=1S/C17H19ClN2OS2/c1-21-12-4-11-19-17(22)20-15-5-2-3-6-16(15)23-14-9-7-13(18)8-10-14/h2-3,5-10H,4,11-12H2,1H3,(H2,19,20,22). The fourth-order valence-corrected chi connectivity index (χ4v) is 3.11. The Morgan fingerprint density at radius 1 is 1.17 bits per heavy atom. The molecule has 0 heterocycles. The van der Waals surface area contributed by atoms with Gasteiger partial charge in [-0.25, -0.2) is 0 Å². The van der Waals surface area contributed by atoms with Crippen LogP contribution < -0.4 is 10.6 Å². The van der Waals surface area contributed by atoms with Gasteiger partial charge in [-0.05, 0) is 55.0 Å². The predicted octanol–water partition coefficient (Wildman–Crippen LogP) is 4.81. The highest BCUT2D eigenvalue weighted by atomic mass is 35.5. The van der Waals surface area contributed by atoms with Crippen LogP contribution in [-0.4, -0.2) is 25.4 Å². The van der Waals surface area contributed by atoms with Gasteiger partial charge in [0.1, 0.15) is 0 Å². The van der Waals surface area contributed by atoms with Crippen LogP contribution in [0.4, 0.5) is 5.69 Å². The third-order valence-electron chi connectivity index (χ3n) is 2.99. The minimum Gasteiger partial charge on any atom is -0.385 e. The summed E-state index contributed by atoms with van der Waals surface area (Å²) in [6, 6.07) is 15.9. The molecule has 6 heteroatoms. The number of hydrogen-bond donors (Lipinski definition) is 2. The number of anilines is 1. The van der Waals surface area contributed by atoms with Crippen LogP contribution in [0.25, 0.3) is 0 Å². The molecule has 0 unspecified atom stereocenters. The summed E-state index contributed by atoms with van der Waals surface area (Å²) in [5.41, 5.74) is 0.983. The Balaban J connectivity index is 1.97. The van der Waals surface area contributed by atoms with E-state index in [0.717, 1.165) is 40.1 Å². The number of halogens is 1. The van der Waals surface area contributed by atoms with Gasteiger partial charge in [-0.2, -0.15) is 0 Å². The molecule has 0 aromatic heterocycles. The maximum Gasteiger partial charge on any atom is 0.170 e. The molecule has 0 fully saturated rings. The van der Waals surface area contributed by atoms with E-state index in [1.807, 2.05) is 42.5 Å². The van der Waals surface area contributed by atoms with Crippen molar-refractivity contribution < 1.29 is 4.74 Å². The van der Waals surface area contributed by atoms with Crippen molar-refractivity contribution in [1.29, 1.82) is 0 Å². The van der Waals surface area contributed by atoms with Crippen LogP contribution in [0.15, 0.2) is 58.3 Å². The summed E-state index contributed by atoms with van der Waals surface area (Å²) in [6.45, 7) is 1.50. The lowest BCUT2D eigenvalue weighted by molar-refractivity contribution is 0.196. The zero-order valence-corrected chi connectivity index (χ0v) is 15.2. The Bertz CT molecular complexity index is 635. The molecule has 3 nitrogen and oxygen atoms in total. The Morgan fingerprint density at radius 2 is 1.91 bits per heavy atom. The molecule has 0 saturated heterocycles. The van der Waals surface area contributed by atoms with Gasteiger partial charge in [0.25, 0.3) is 0 Å². The minimum atomic E-state index is 0.616. The molecule has 2 aromatic rings. The van der Waals surface area contributed by atoms with Crippen molar-refractivity contribution in [3.8, 4) is 0 Å². The molecule has 0 spiro atoms. The molecule has 0 bridgehead atoms. The molecule has 0 aliphatic heterocycles. The first kappa shape index (κ1) is 18.1. The van der Waals surface area contributed by atoms with Crippen molar-refractivity contribution in [2.45, 2.75) is 16.2 Å². The van der Waals surface area contributed by atoms with Crippen molar-refractivity contribution in [3.63, 3.8) is 0 Å². The number of rotatable bonds is 7. The van der Waals surface area contributed by atoms with E-state index >= 15 is 0 Å². The van der Waals surface area contributed by atoms with Crippen molar-refractivity contribution in [2.75, 3.05) is 25.6 Å². The van der Waals surface area contributed by atoms with Crippen molar-refractivity contribution in [2.24, 2.45) is 0 Å². The average Bonchev–Trinajstić information content (AvgIpc) is 2.55. The first-order chi connectivity index (χ1) is 11.2. The van der Waals surface area contributed by atoms with Crippen molar-refractivity contribution in [3.05, 3.63) is 53.6 Å². The second kappa shape index (κ2) is 9.78. The summed E-state index contributed by atoms with van der Waals surface area (Å²) >= 11 is 12.9. The smallest absolute Gasteiger partial charge is 0.170 e. The fraction of sp³-hybridized carbons (Fsp3) is 0.235. The second-order valence-corrected chi connectivity index (χ2v) is 6.74. The van der Waals surface area contributed by atoms with E-state index in [1.54, 1.807) is 18.9 Å². The van der Waals surface area contributed by atoms with Gasteiger partial charge >= 0.3 is 0 Å². The van der Waals surface area contributed by atoms with Gasteiger partial charge in [-0.1, -0.05) is 35.5 Å². The maximum absolute atomic E-state index is 5.93. The summed E-state index contributed by atoms with van der Waals surface area (Å²) in [6.07, 6.45) is 0.916. The number of hydrogen-bond acceptors (Lipinski definition) is 3. The van der Waals surface area contributed by atoms with Crippen LogP contribution in [0, 0.1) is 0 Å². The van der Waals surface area contributed by atoms with E-state index in [2.05, 4.69) is 16.7 Å². The predicted molar refractivity (Wildman–Crippen MR) is 103 cm³/mol.